The molecule has 4 radical (unpaired) electrons. The van der Waals surface area contributed by atoms with Crippen molar-refractivity contribution < 1.29 is 80.4 Å². The van der Waals surface area contributed by atoms with Crippen LogP contribution in [0.3, 0.4) is 0 Å². The zero-order chi connectivity index (χ0) is 71.5. The zero-order valence-electron chi connectivity index (χ0n) is 61.4. The van der Waals surface area contributed by atoms with E-state index in [4.69, 9.17) is 0 Å². The van der Waals surface area contributed by atoms with Gasteiger partial charge in [0.25, 0.3) is 0 Å². The number of rotatable bonds is 7. The first kappa shape index (κ1) is 86.3. The normalized spacial score (nSPS) is 9.84. The summed E-state index contributed by atoms with van der Waals surface area (Å²) < 4.78 is 0. The Morgan fingerprint density at radius 2 is 0.410 bits per heavy atom. The fourth-order valence-corrected chi connectivity index (χ4v) is 10.2. The molecule has 7 nitrogen and oxygen atoms in total. The van der Waals surface area contributed by atoms with Gasteiger partial charge in [-0.25, -0.2) is 0 Å². The molecule has 0 aliphatic heterocycles. The second kappa shape index (κ2) is 44.5. The first-order chi connectivity index (χ1) is 48.9. The Labute approximate surface area is 677 Å². The summed E-state index contributed by atoms with van der Waals surface area (Å²) in [5.41, 5.74) is 30.1. The number of hydrogen-bond acceptors (Lipinski definition) is 7. The van der Waals surface area contributed by atoms with E-state index in [-0.39, 0.29) is 80.4 Å². The number of nitrogens with zero attached hydrogens (tertiary/aromatic N) is 7. The molecule has 0 atom stereocenters. The van der Waals surface area contributed by atoms with E-state index in [9.17, 15) is 0 Å². The maximum absolute atomic E-state index is 4.49. The van der Waals surface area contributed by atoms with Crippen LogP contribution in [0.1, 0.15) is 72.3 Å². The van der Waals surface area contributed by atoms with Gasteiger partial charge in [-0.2, -0.15) is 0 Å². The van der Waals surface area contributed by atoms with Gasteiger partial charge in [0.2, 0.25) is 0 Å². The van der Waals surface area contributed by atoms with Crippen molar-refractivity contribution >= 4 is 10.8 Å². The Kier molecular flexibility index (Phi) is 36.6. The summed E-state index contributed by atoms with van der Waals surface area (Å²) >= 11 is 0. The molecule has 0 bridgehead atoms. The molecule has 0 aliphatic carbocycles. The summed E-state index contributed by atoms with van der Waals surface area (Å²) in [4.78, 5) is 30.6. The van der Waals surface area contributed by atoms with Crippen LogP contribution in [0.25, 0.3) is 89.6 Å². The van der Waals surface area contributed by atoms with Crippen LogP contribution in [0.2, 0.25) is 0 Å². The van der Waals surface area contributed by atoms with E-state index in [2.05, 4.69) is 223 Å². The molecule has 0 N–H and O–H groups in total. The van der Waals surface area contributed by atoms with Gasteiger partial charge in [-0.3, -0.25) is 0 Å². The van der Waals surface area contributed by atoms with Crippen LogP contribution in [-0.2, 0) is 80.4 Å². The van der Waals surface area contributed by atoms with Crippen LogP contribution in [0.4, 0.5) is 0 Å². The quantitative estimate of drug-likeness (QED) is 0.147. The van der Waals surface area contributed by atoms with Gasteiger partial charge < -0.3 is 34.9 Å². The van der Waals surface area contributed by atoms with Crippen molar-refractivity contribution in [3.05, 3.63) is 389 Å². The Morgan fingerprint density at radius 3 is 0.619 bits per heavy atom. The van der Waals surface area contributed by atoms with Crippen LogP contribution in [0.15, 0.2) is 274 Å². The molecule has 11 heteroatoms. The summed E-state index contributed by atoms with van der Waals surface area (Å²) in [6.07, 6.45) is 13.1. The molecule has 0 aliphatic rings. The van der Waals surface area contributed by atoms with Gasteiger partial charge in [-0.15, -0.1) is 248 Å². The number of hydrogen-bond donors (Lipinski definition) is 0. The van der Waals surface area contributed by atoms with Crippen LogP contribution < -0.4 is 0 Å². The number of fused-ring (bicyclic) bond motifs is 1. The van der Waals surface area contributed by atoms with Crippen molar-refractivity contribution in [2.24, 2.45) is 0 Å². The smallest absolute Gasteiger partial charge is 0.0190 e. The second-order valence-corrected chi connectivity index (χ2v) is 25.2. The van der Waals surface area contributed by atoms with Gasteiger partial charge in [0.15, 0.2) is 0 Å². The number of pyridine rings is 7. The largest absolute Gasteiger partial charge is 0.304 e. The Balaban J connectivity index is 0.000000219. The van der Waals surface area contributed by atoms with Gasteiger partial charge in [0.05, 0.1) is 0 Å². The molecule has 7 aromatic heterocycles. The first-order valence-electron chi connectivity index (χ1n) is 33.7. The molecule has 15 rings (SSSR count). The topological polar surface area (TPSA) is 90.2 Å². The SMILES string of the molecule is Cc1cc[c-]c(-c2nccc3ccccc23)c1.Cc1ccc(-c2[c-]ccc(C)c2)nc1.Cc1ccc(-c2[c-]ccc(C)c2)nc1.Cc1ccc(-c2[c-]ccc(C)c2)nc1.Cc1ccc(-c2[c-]ccc(C)c2)nc1.Cc1ccc(-c2[c-]ccc(C)c2)nc1.Cc1ccc(-c2[c-]ccc(C)c2)nc1.[Ir].[Ir].[Ir].[Ir]. The molecule has 0 amide bonds. The summed E-state index contributed by atoms with van der Waals surface area (Å²) in [6.45, 7) is 26.8. The van der Waals surface area contributed by atoms with Crippen LogP contribution >= 0.6 is 0 Å². The molecule has 538 valence electrons. The minimum absolute atomic E-state index is 0. The van der Waals surface area contributed by atoms with E-state index in [1.165, 1.54) is 83.1 Å². The zero-order valence-corrected chi connectivity index (χ0v) is 71.0. The van der Waals surface area contributed by atoms with Crippen molar-refractivity contribution in [3.63, 3.8) is 0 Å². The van der Waals surface area contributed by atoms with Crippen molar-refractivity contribution in [2.75, 3.05) is 0 Å². The van der Waals surface area contributed by atoms with Crippen molar-refractivity contribution in [1.82, 2.24) is 34.9 Å². The molecule has 7 heterocycles. The Bertz CT molecular complexity index is 4390. The summed E-state index contributed by atoms with van der Waals surface area (Å²) in [5, 5.41) is 2.39. The standard InChI is InChI=1S/C16H12N.6C13H12N.4Ir/c1-12-5-4-7-14(11-12)16-15-8-3-2-6-13(15)9-10-17-16;6*1-10-4-3-5-12(8-10)13-7-6-11(2)9-14-13;;;;/h2-6,8-11H,1H3;6*3-4,6-9H,1-2H3;;;;/q7*-1;;;;. The third kappa shape index (κ3) is 28.2. The van der Waals surface area contributed by atoms with E-state index in [1.807, 2.05) is 218 Å². The Hall–Kier alpha value is -9.33. The van der Waals surface area contributed by atoms with Crippen molar-refractivity contribution in [1.29, 1.82) is 0 Å². The molecule has 15 aromatic rings. The molecule has 0 saturated carbocycles. The maximum atomic E-state index is 4.49. The molecular weight excluding hydrogens is 2000 g/mol. The van der Waals surface area contributed by atoms with E-state index in [1.54, 1.807) is 0 Å². The summed E-state index contributed by atoms with van der Waals surface area (Å²) in [6, 6.07) is 99.8. The molecule has 0 fully saturated rings. The van der Waals surface area contributed by atoms with Crippen LogP contribution in [0, 0.1) is 132 Å². The van der Waals surface area contributed by atoms with Gasteiger partial charge in [-0.1, -0.05) is 146 Å². The number of aromatic nitrogens is 7. The van der Waals surface area contributed by atoms with E-state index in [0.717, 1.165) is 78.8 Å². The molecule has 0 spiro atoms. The van der Waals surface area contributed by atoms with Crippen LogP contribution in [0.5, 0.6) is 0 Å². The molecular formula is C94H84Ir4N7-7. The van der Waals surface area contributed by atoms with Crippen molar-refractivity contribution in [3.8, 4) is 78.8 Å². The van der Waals surface area contributed by atoms with Gasteiger partial charge in [-0.05, 0) is 132 Å². The van der Waals surface area contributed by atoms with Gasteiger partial charge >= 0.3 is 0 Å². The fraction of sp³-hybridized carbons (Fsp3) is 0.138. The predicted molar refractivity (Wildman–Crippen MR) is 419 cm³/mol. The minimum Gasteiger partial charge on any atom is -0.304 e. The van der Waals surface area contributed by atoms with E-state index in [0.29, 0.717) is 0 Å². The molecule has 0 unspecified atom stereocenters. The number of benzene rings is 8. The molecule has 8 aromatic carbocycles. The first-order valence-corrected chi connectivity index (χ1v) is 33.7. The molecule has 0 saturated heterocycles. The fourth-order valence-electron chi connectivity index (χ4n) is 10.2. The third-order valence-electron chi connectivity index (χ3n) is 15.8. The van der Waals surface area contributed by atoms with E-state index >= 15 is 0 Å². The summed E-state index contributed by atoms with van der Waals surface area (Å²) in [7, 11) is 0. The third-order valence-corrected chi connectivity index (χ3v) is 15.8. The minimum atomic E-state index is 0. The van der Waals surface area contributed by atoms with Crippen molar-refractivity contribution in [2.45, 2.75) is 90.0 Å². The summed E-state index contributed by atoms with van der Waals surface area (Å²) in [5.74, 6) is 0. The predicted octanol–water partition coefficient (Wildman–Crippen LogP) is 23.0. The van der Waals surface area contributed by atoms with Gasteiger partial charge in [0, 0.05) is 124 Å². The second-order valence-electron chi connectivity index (χ2n) is 25.2. The maximum Gasteiger partial charge on any atom is 0.0190 e. The molecule has 105 heavy (non-hydrogen) atoms. The number of aryl methyl sites for hydroxylation is 13. The Morgan fingerprint density at radius 1 is 0.200 bits per heavy atom. The average molecular weight is 2080 g/mol. The van der Waals surface area contributed by atoms with E-state index < -0.39 is 0 Å². The monoisotopic (exact) mass is 2080 g/mol. The van der Waals surface area contributed by atoms with Gasteiger partial charge in [0.1, 0.15) is 0 Å². The van der Waals surface area contributed by atoms with Crippen LogP contribution in [-0.4, -0.2) is 34.9 Å². The average Bonchev–Trinajstić information content (AvgIpc) is 0.804.